The number of imidazole rings is 1. The predicted molar refractivity (Wildman–Crippen MR) is 119 cm³/mol. The lowest BCUT2D eigenvalue weighted by Gasteiger charge is -2.15. The normalized spacial score (nSPS) is 11.9. The summed E-state index contributed by atoms with van der Waals surface area (Å²) < 4.78 is 1.51. The monoisotopic (exact) mass is 413 g/mol. The van der Waals surface area contributed by atoms with E-state index in [1.165, 1.54) is 16.3 Å². The van der Waals surface area contributed by atoms with Crippen LogP contribution in [0.25, 0.3) is 16.9 Å². The average molecular weight is 413 g/mol. The van der Waals surface area contributed by atoms with Gasteiger partial charge in [0.2, 0.25) is 0 Å². The lowest BCUT2D eigenvalue weighted by atomic mass is 10.1. The van der Waals surface area contributed by atoms with Crippen molar-refractivity contribution in [3.05, 3.63) is 90.0 Å². The second-order valence-electron chi connectivity index (χ2n) is 7.44. The zero-order valence-electron chi connectivity index (χ0n) is 17.2. The van der Waals surface area contributed by atoms with Crippen LogP contribution in [0.2, 0.25) is 0 Å². The molecule has 2 aromatic carbocycles. The molecule has 7 nitrogen and oxygen atoms in total. The number of aryl methyl sites for hydroxylation is 1. The van der Waals surface area contributed by atoms with Crippen molar-refractivity contribution in [2.45, 2.75) is 25.8 Å². The quantitative estimate of drug-likeness (QED) is 0.485. The summed E-state index contributed by atoms with van der Waals surface area (Å²) in [4.78, 5) is 33.6. The average Bonchev–Trinajstić information content (AvgIpc) is 3.22. The number of nitrogens with one attached hydrogen (secondary N) is 1. The van der Waals surface area contributed by atoms with Crippen molar-refractivity contribution in [1.82, 2.24) is 19.7 Å². The van der Waals surface area contributed by atoms with E-state index in [1.807, 2.05) is 55.5 Å². The number of hydrogen-bond donors (Lipinski definition) is 2. The van der Waals surface area contributed by atoms with Crippen LogP contribution < -0.4 is 11.1 Å². The Labute approximate surface area is 180 Å². The van der Waals surface area contributed by atoms with E-state index in [2.05, 4.69) is 27.4 Å². The minimum Gasteiger partial charge on any atom is -0.364 e. The third-order valence-corrected chi connectivity index (χ3v) is 5.12. The van der Waals surface area contributed by atoms with Crippen LogP contribution in [-0.2, 0) is 6.42 Å². The summed E-state index contributed by atoms with van der Waals surface area (Å²) in [7, 11) is 0. The van der Waals surface area contributed by atoms with Crippen LogP contribution in [0.3, 0.4) is 0 Å². The minimum atomic E-state index is -0.692. The molecule has 0 aliphatic rings. The third-order valence-electron chi connectivity index (χ3n) is 5.12. The van der Waals surface area contributed by atoms with Crippen LogP contribution in [0.4, 0.5) is 0 Å². The maximum absolute atomic E-state index is 13.1. The molecule has 0 fully saturated rings. The Morgan fingerprint density at radius 1 is 1.06 bits per heavy atom. The van der Waals surface area contributed by atoms with E-state index in [0.717, 1.165) is 18.4 Å². The first-order valence-corrected chi connectivity index (χ1v) is 10.1. The van der Waals surface area contributed by atoms with Crippen LogP contribution in [0.1, 0.15) is 39.9 Å². The van der Waals surface area contributed by atoms with E-state index in [1.54, 1.807) is 6.07 Å². The first kappa shape index (κ1) is 20.3. The van der Waals surface area contributed by atoms with Crippen LogP contribution >= 0.6 is 0 Å². The Balaban J connectivity index is 1.63. The maximum Gasteiger partial charge on any atom is 0.271 e. The van der Waals surface area contributed by atoms with E-state index in [-0.39, 0.29) is 23.3 Å². The van der Waals surface area contributed by atoms with Gasteiger partial charge in [0, 0.05) is 11.6 Å². The number of benzene rings is 2. The molecule has 7 heteroatoms. The van der Waals surface area contributed by atoms with Gasteiger partial charge in [-0.25, -0.2) is 9.97 Å². The molecule has 2 aromatic heterocycles. The van der Waals surface area contributed by atoms with Crippen molar-refractivity contribution < 1.29 is 9.59 Å². The van der Waals surface area contributed by atoms with Crippen LogP contribution in [-0.4, -0.2) is 32.2 Å². The molecular formula is C24H23N5O2. The molecule has 2 amide bonds. The van der Waals surface area contributed by atoms with Gasteiger partial charge in [-0.2, -0.15) is 0 Å². The summed E-state index contributed by atoms with van der Waals surface area (Å²) in [5, 5.41) is 3.04. The van der Waals surface area contributed by atoms with Crippen LogP contribution in [0, 0.1) is 0 Å². The second-order valence-corrected chi connectivity index (χ2v) is 7.44. The number of amides is 2. The number of nitrogens with two attached hydrogens (primary N) is 1. The predicted octanol–water partition coefficient (Wildman–Crippen LogP) is 3.25. The van der Waals surface area contributed by atoms with Gasteiger partial charge in [0.05, 0.1) is 5.69 Å². The van der Waals surface area contributed by atoms with Gasteiger partial charge < -0.3 is 11.1 Å². The molecule has 0 bridgehead atoms. The molecule has 156 valence electrons. The summed E-state index contributed by atoms with van der Waals surface area (Å²) in [6.07, 6.45) is 3.06. The van der Waals surface area contributed by atoms with Gasteiger partial charge in [-0.3, -0.25) is 14.0 Å². The summed E-state index contributed by atoms with van der Waals surface area (Å²) in [6, 6.07) is 21.3. The zero-order chi connectivity index (χ0) is 21.8. The summed E-state index contributed by atoms with van der Waals surface area (Å²) in [5.74, 6) is -0.957. The number of fused-ring (bicyclic) bond motifs is 1. The van der Waals surface area contributed by atoms with Gasteiger partial charge in [0.15, 0.2) is 11.3 Å². The minimum absolute atomic E-state index is 0.0314. The number of aromatic nitrogens is 3. The second kappa shape index (κ2) is 8.79. The molecule has 4 aromatic rings. The number of carbonyl (C=O) groups is 2. The maximum atomic E-state index is 13.1. The topological polar surface area (TPSA) is 102 Å². The first-order valence-electron chi connectivity index (χ1n) is 10.1. The molecule has 4 rings (SSSR count). The van der Waals surface area contributed by atoms with Gasteiger partial charge in [0.25, 0.3) is 11.8 Å². The van der Waals surface area contributed by atoms with Crippen LogP contribution in [0.5, 0.6) is 0 Å². The lowest BCUT2D eigenvalue weighted by Crippen LogP contribution is -2.34. The largest absolute Gasteiger partial charge is 0.364 e. The van der Waals surface area contributed by atoms with Crippen molar-refractivity contribution in [2.24, 2.45) is 5.73 Å². The van der Waals surface area contributed by atoms with E-state index in [4.69, 9.17) is 5.73 Å². The van der Waals surface area contributed by atoms with Crippen molar-refractivity contribution in [3.8, 4) is 11.3 Å². The molecule has 0 saturated heterocycles. The van der Waals surface area contributed by atoms with Gasteiger partial charge in [0.1, 0.15) is 12.0 Å². The summed E-state index contributed by atoms with van der Waals surface area (Å²) in [6.45, 7) is 1.97. The van der Waals surface area contributed by atoms with Crippen molar-refractivity contribution in [2.75, 3.05) is 0 Å². The molecule has 31 heavy (non-hydrogen) atoms. The van der Waals surface area contributed by atoms with Crippen molar-refractivity contribution in [1.29, 1.82) is 0 Å². The van der Waals surface area contributed by atoms with Crippen molar-refractivity contribution >= 4 is 17.5 Å². The van der Waals surface area contributed by atoms with E-state index in [0.29, 0.717) is 11.4 Å². The van der Waals surface area contributed by atoms with Gasteiger partial charge in [-0.1, -0.05) is 60.7 Å². The van der Waals surface area contributed by atoms with Gasteiger partial charge in [-0.15, -0.1) is 0 Å². The molecule has 3 N–H and O–H groups in total. The Morgan fingerprint density at radius 3 is 2.42 bits per heavy atom. The zero-order valence-corrected chi connectivity index (χ0v) is 17.2. The fraction of sp³-hybridized carbons (Fsp3) is 0.167. The molecule has 0 aliphatic heterocycles. The Hall–Kier alpha value is -4.00. The molecule has 0 radical (unpaired) electrons. The number of carbonyl (C=O) groups excluding carboxylic acids is 2. The van der Waals surface area contributed by atoms with Crippen LogP contribution in [0.15, 0.2) is 73.1 Å². The van der Waals surface area contributed by atoms with Gasteiger partial charge in [-0.05, 0) is 31.4 Å². The molecular weight excluding hydrogens is 390 g/mol. The van der Waals surface area contributed by atoms with E-state index in [9.17, 15) is 9.59 Å². The SMILES string of the molecule is CC(CCc1ccccc1)NC(=O)c1cc(-c2ccccc2)nc2c(C(N)=O)ncn12. The Bertz CT molecular complexity index is 1220. The highest BCUT2D eigenvalue weighted by Gasteiger charge is 2.20. The fourth-order valence-corrected chi connectivity index (χ4v) is 3.47. The third kappa shape index (κ3) is 4.45. The molecule has 0 spiro atoms. The number of rotatable bonds is 7. The Kier molecular flexibility index (Phi) is 5.75. The number of nitrogens with zero attached hydrogens (tertiary/aromatic N) is 3. The standard InChI is InChI=1S/C24H23N5O2/c1-16(12-13-17-8-4-2-5-9-17)27-24(31)20-14-19(18-10-6-3-7-11-18)28-23-21(22(25)30)26-15-29(20)23/h2-11,14-16H,12-13H2,1H3,(H2,25,30)(H,27,31). The molecule has 1 unspecified atom stereocenters. The molecule has 0 saturated carbocycles. The highest BCUT2D eigenvalue weighted by atomic mass is 16.2. The number of hydrogen-bond acceptors (Lipinski definition) is 4. The lowest BCUT2D eigenvalue weighted by molar-refractivity contribution is 0.0930. The molecule has 1 atom stereocenters. The fourth-order valence-electron chi connectivity index (χ4n) is 3.47. The highest BCUT2D eigenvalue weighted by molar-refractivity contribution is 5.99. The highest BCUT2D eigenvalue weighted by Crippen LogP contribution is 2.21. The smallest absolute Gasteiger partial charge is 0.271 e. The summed E-state index contributed by atoms with van der Waals surface area (Å²) in [5.41, 5.74) is 8.71. The summed E-state index contributed by atoms with van der Waals surface area (Å²) >= 11 is 0. The first-order chi connectivity index (χ1) is 15.0. The van der Waals surface area contributed by atoms with Gasteiger partial charge >= 0.3 is 0 Å². The van der Waals surface area contributed by atoms with Crippen molar-refractivity contribution in [3.63, 3.8) is 0 Å². The Morgan fingerprint density at radius 2 is 1.74 bits per heavy atom. The van der Waals surface area contributed by atoms with E-state index < -0.39 is 5.91 Å². The molecule has 2 heterocycles. The van der Waals surface area contributed by atoms with E-state index >= 15 is 0 Å². The molecule has 0 aliphatic carbocycles. The number of primary amides is 1.